The number of imidazole rings is 1. The quantitative estimate of drug-likeness (QED) is 0.505. The minimum atomic E-state index is -0.353. The lowest BCUT2D eigenvalue weighted by molar-refractivity contribution is 0.581. The molecule has 0 bridgehead atoms. The number of para-hydroxylation sites is 1. The second kappa shape index (κ2) is 8.24. The molecule has 3 rings (SSSR count). The standard InChI is InChI=1S/C20H27FN6/c1-13(2)27-19(24-14(3)23-15-8-4-5-9-15)18(12-22)26-20(27)25-17-11-7-6-10-16(17)21/h6-7,10-13,15,22-24H,3-5,8-9H2,1-2H3,(H,25,26). The molecule has 1 aliphatic carbocycles. The van der Waals surface area contributed by atoms with Gasteiger partial charge in [0.2, 0.25) is 5.95 Å². The Morgan fingerprint density at radius 1 is 1.33 bits per heavy atom. The van der Waals surface area contributed by atoms with Crippen LogP contribution >= 0.6 is 0 Å². The first-order valence-electron chi connectivity index (χ1n) is 9.36. The van der Waals surface area contributed by atoms with Crippen molar-refractivity contribution in [1.29, 1.82) is 5.41 Å². The van der Waals surface area contributed by atoms with Crippen LogP contribution in [0.3, 0.4) is 0 Å². The molecule has 1 aliphatic rings. The van der Waals surface area contributed by atoms with Crippen LogP contribution in [0.15, 0.2) is 36.7 Å². The Labute approximate surface area is 159 Å². The summed E-state index contributed by atoms with van der Waals surface area (Å²) in [7, 11) is 0. The molecule has 0 amide bonds. The van der Waals surface area contributed by atoms with Gasteiger partial charge in [-0.15, -0.1) is 0 Å². The van der Waals surface area contributed by atoms with E-state index in [4.69, 9.17) is 5.41 Å². The molecule has 1 saturated carbocycles. The molecular formula is C20H27FN6. The molecule has 4 N–H and O–H groups in total. The van der Waals surface area contributed by atoms with Crippen molar-refractivity contribution in [3.8, 4) is 0 Å². The van der Waals surface area contributed by atoms with E-state index in [2.05, 4.69) is 27.5 Å². The molecule has 1 fully saturated rings. The molecule has 7 heteroatoms. The highest BCUT2D eigenvalue weighted by Gasteiger charge is 2.21. The van der Waals surface area contributed by atoms with Crippen LogP contribution in [0, 0.1) is 11.2 Å². The van der Waals surface area contributed by atoms with E-state index in [9.17, 15) is 4.39 Å². The maximum absolute atomic E-state index is 14.1. The Morgan fingerprint density at radius 3 is 2.67 bits per heavy atom. The van der Waals surface area contributed by atoms with Gasteiger partial charge in [-0.3, -0.25) is 4.57 Å². The molecule has 0 radical (unpaired) electrons. The van der Waals surface area contributed by atoms with Crippen molar-refractivity contribution < 1.29 is 4.39 Å². The third-order valence-electron chi connectivity index (χ3n) is 4.71. The molecule has 6 nitrogen and oxygen atoms in total. The summed E-state index contributed by atoms with van der Waals surface area (Å²) in [5.41, 5.74) is 0.812. The Hall–Kier alpha value is -2.83. The predicted octanol–water partition coefficient (Wildman–Crippen LogP) is 4.76. The SMILES string of the molecule is C=C(Nc1c(C=N)nc(Nc2ccccc2F)n1C(C)C)NC1CCCC1. The fraction of sp³-hybridized carbons (Fsp3) is 0.400. The fourth-order valence-electron chi connectivity index (χ4n) is 3.44. The third-order valence-corrected chi connectivity index (χ3v) is 4.71. The minimum Gasteiger partial charge on any atom is -0.369 e. The van der Waals surface area contributed by atoms with Crippen molar-refractivity contribution >= 4 is 23.7 Å². The highest BCUT2D eigenvalue weighted by Crippen LogP contribution is 2.29. The summed E-state index contributed by atoms with van der Waals surface area (Å²) >= 11 is 0. The number of hydrogen-bond acceptors (Lipinski definition) is 5. The van der Waals surface area contributed by atoms with Gasteiger partial charge in [-0.05, 0) is 38.8 Å². The molecule has 0 aliphatic heterocycles. The Balaban J connectivity index is 1.88. The number of benzene rings is 1. The maximum atomic E-state index is 14.1. The molecule has 0 spiro atoms. The van der Waals surface area contributed by atoms with Crippen LogP contribution in [0.25, 0.3) is 0 Å². The lowest BCUT2D eigenvalue weighted by atomic mass is 10.2. The van der Waals surface area contributed by atoms with Gasteiger partial charge in [0.05, 0.1) is 11.5 Å². The monoisotopic (exact) mass is 370 g/mol. The third kappa shape index (κ3) is 4.30. The van der Waals surface area contributed by atoms with Crippen LogP contribution in [0.4, 0.5) is 21.8 Å². The molecule has 144 valence electrons. The van der Waals surface area contributed by atoms with Gasteiger partial charge in [0.15, 0.2) is 0 Å². The Bertz CT molecular complexity index is 820. The van der Waals surface area contributed by atoms with Crippen LogP contribution in [0.1, 0.15) is 51.3 Å². The van der Waals surface area contributed by atoms with Gasteiger partial charge in [-0.25, -0.2) is 9.37 Å². The van der Waals surface area contributed by atoms with E-state index in [1.54, 1.807) is 18.2 Å². The molecule has 0 unspecified atom stereocenters. The van der Waals surface area contributed by atoms with Crippen LogP contribution in [0.2, 0.25) is 0 Å². The summed E-state index contributed by atoms with van der Waals surface area (Å²) in [6.07, 6.45) is 5.94. The zero-order chi connectivity index (χ0) is 19.4. The maximum Gasteiger partial charge on any atom is 0.209 e. The number of aromatic nitrogens is 2. The van der Waals surface area contributed by atoms with E-state index in [1.807, 2.05) is 18.4 Å². The van der Waals surface area contributed by atoms with E-state index in [0.717, 1.165) is 12.8 Å². The smallest absolute Gasteiger partial charge is 0.209 e. The van der Waals surface area contributed by atoms with Gasteiger partial charge < -0.3 is 21.4 Å². The first-order valence-corrected chi connectivity index (χ1v) is 9.36. The van der Waals surface area contributed by atoms with E-state index in [-0.39, 0.29) is 11.9 Å². The highest BCUT2D eigenvalue weighted by atomic mass is 19.1. The van der Waals surface area contributed by atoms with Crippen LogP contribution in [-0.2, 0) is 0 Å². The minimum absolute atomic E-state index is 0.0438. The molecule has 1 heterocycles. The largest absolute Gasteiger partial charge is 0.369 e. The van der Waals surface area contributed by atoms with Crippen molar-refractivity contribution in [2.45, 2.75) is 51.6 Å². The van der Waals surface area contributed by atoms with E-state index in [1.165, 1.54) is 25.1 Å². The average molecular weight is 370 g/mol. The number of hydrogen-bond donors (Lipinski definition) is 4. The zero-order valence-corrected chi connectivity index (χ0v) is 15.8. The van der Waals surface area contributed by atoms with Crippen LogP contribution < -0.4 is 16.0 Å². The highest BCUT2D eigenvalue weighted by molar-refractivity contribution is 5.84. The zero-order valence-electron chi connectivity index (χ0n) is 15.8. The summed E-state index contributed by atoms with van der Waals surface area (Å²) in [6, 6.07) is 6.94. The summed E-state index contributed by atoms with van der Waals surface area (Å²) in [5.74, 6) is 1.47. The van der Waals surface area contributed by atoms with Crippen molar-refractivity contribution in [2.75, 3.05) is 10.6 Å². The molecule has 1 aromatic carbocycles. The summed E-state index contributed by atoms with van der Waals surface area (Å²) in [4.78, 5) is 4.48. The van der Waals surface area contributed by atoms with Crippen molar-refractivity contribution in [3.63, 3.8) is 0 Å². The molecule has 1 aromatic heterocycles. The lowest BCUT2D eigenvalue weighted by Crippen LogP contribution is -2.29. The number of anilines is 3. The lowest BCUT2D eigenvalue weighted by Gasteiger charge is -2.21. The second-order valence-corrected chi connectivity index (χ2v) is 7.11. The summed E-state index contributed by atoms with van der Waals surface area (Å²) < 4.78 is 16.0. The summed E-state index contributed by atoms with van der Waals surface area (Å²) in [5, 5.41) is 17.5. The number of halogens is 1. The molecule has 0 saturated heterocycles. The topological polar surface area (TPSA) is 77.8 Å². The van der Waals surface area contributed by atoms with E-state index in [0.29, 0.717) is 35.0 Å². The fourth-order valence-corrected chi connectivity index (χ4v) is 3.44. The van der Waals surface area contributed by atoms with E-state index < -0.39 is 0 Å². The van der Waals surface area contributed by atoms with Crippen molar-refractivity contribution in [1.82, 2.24) is 14.9 Å². The second-order valence-electron chi connectivity index (χ2n) is 7.11. The Kier molecular flexibility index (Phi) is 5.78. The normalized spacial score (nSPS) is 14.4. The molecule has 0 atom stereocenters. The van der Waals surface area contributed by atoms with E-state index >= 15 is 0 Å². The predicted molar refractivity (Wildman–Crippen MR) is 108 cm³/mol. The summed E-state index contributed by atoms with van der Waals surface area (Å²) in [6.45, 7) is 8.11. The number of nitrogens with one attached hydrogen (secondary N) is 4. The van der Waals surface area contributed by atoms with Gasteiger partial charge >= 0.3 is 0 Å². The Morgan fingerprint density at radius 2 is 2.04 bits per heavy atom. The van der Waals surface area contributed by atoms with Crippen LogP contribution in [0.5, 0.6) is 0 Å². The van der Waals surface area contributed by atoms with Crippen molar-refractivity contribution in [3.05, 3.63) is 48.2 Å². The van der Waals surface area contributed by atoms with Gasteiger partial charge in [0.1, 0.15) is 17.3 Å². The molecule has 2 aromatic rings. The number of rotatable bonds is 8. The van der Waals surface area contributed by atoms with Gasteiger partial charge in [-0.1, -0.05) is 31.6 Å². The van der Waals surface area contributed by atoms with Gasteiger partial charge in [0.25, 0.3) is 0 Å². The van der Waals surface area contributed by atoms with Crippen LogP contribution in [-0.4, -0.2) is 21.8 Å². The van der Waals surface area contributed by atoms with Gasteiger partial charge in [-0.2, -0.15) is 0 Å². The first-order chi connectivity index (χ1) is 13.0. The molecule has 27 heavy (non-hydrogen) atoms. The molecular weight excluding hydrogens is 343 g/mol. The number of nitrogens with zero attached hydrogens (tertiary/aromatic N) is 2. The first kappa shape index (κ1) is 18.9. The van der Waals surface area contributed by atoms with Crippen molar-refractivity contribution in [2.24, 2.45) is 0 Å². The van der Waals surface area contributed by atoms with Gasteiger partial charge in [0, 0.05) is 18.3 Å². The average Bonchev–Trinajstić information content (AvgIpc) is 3.24.